The number of hydrogen-bond donors (Lipinski definition) is 3. The largest absolute Gasteiger partial charge is 0.481 e. The predicted molar refractivity (Wildman–Crippen MR) is 32.1 cm³/mol. The van der Waals surface area contributed by atoms with Crippen molar-refractivity contribution in [1.82, 2.24) is 0 Å². The molecule has 0 bridgehead atoms. The molecule has 0 fully saturated rings. The molecule has 0 spiro atoms. The molecule has 0 aliphatic heterocycles. The number of primary amides is 1. The molecule has 10 heavy (non-hydrogen) atoms. The summed E-state index contributed by atoms with van der Waals surface area (Å²) in [7, 11) is 0. The Balaban J connectivity index is 3.49. The van der Waals surface area contributed by atoms with E-state index in [1.807, 2.05) is 0 Å². The highest BCUT2D eigenvalue weighted by atomic mass is 16.4. The van der Waals surface area contributed by atoms with Gasteiger partial charge < -0.3 is 15.9 Å². The van der Waals surface area contributed by atoms with Crippen molar-refractivity contribution in [3.63, 3.8) is 0 Å². The van der Waals surface area contributed by atoms with Gasteiger partial charge in [0.15, 0.2) is 0 Å². The fourth-order valence-electron chi connectivity index (χ4n) is 0.402. The number of amides is 1. The number of aliphatic hydroxyl groups excluding tert-OH is 1. The summed E-state index contributed by atoms with van der Waals surface area (Å²) in [6.07, 6.45) is -1.70. The highest BCUT2D eigenvalue weighted by Crippen LogP contribution is 1.94. The van der Waals surface area contributed by atoms with Crippen molar-refractivity contribution < 1.29 is 19.8 Å². The third kappa shape index (κ3) is 3.85. The average molecular weight is 147 g/mol. The minimum atomic E-state index is -1.34. The van der Waals surface area contributed by atoms with Crippen LogP contribution in [0.2, 0.25) is 0 Å². The molecule has 0 rings (SSSR count). The van der Waals surface area contributed by atoms with Crippen molar-refractivity contribution in [1.29, 1.82) is 0 Å². The molecule has 0 saturated heterocycles. The summed E-state index contributed by atoms with van der Waals surface area (Å²) in [4.78, 5) is 20.0. The first-order valence-electron chi connectivity index (χ1n) is 2.73. The Morgan fingerprint density at radius 2 is 2.00 bits per heavy atom. The highest BCUT2D eigenvalue weighted by Gasteiger charge is 2.11. The van der Waals surface area contributed by atoms with Crippen LogP contribution in [0.5, 0.6) is 0 Å². The topological polar surface area (TPSA) is 101 Å². The Morgan fingerprint density at radius 1 is 1.50 bits per heavy atom. The van der Waals surface area contributed by atoms with Crippen LogP contribution in [0.1, 0.15) is 12.8 Å². The van der Waals surface area contributed by atoms with Crippen LogP contribution in [-0.4, -0.2) is 28.2 Å². The molecule has 1 amide bonds. The molecule has 0 aliphatic carbocycles. The van der Waals surface area contributed by atoms with E-state index < -0.39 is 18.0 Å². The van der Waals surface area contributed by atoms with Crippen LogP contribution >= 0.6 is 0 Å². The summed E-state index contributed by atoms with van der Waals surface area (Å²) in [5, 5.41) is 16.7. The number of aliphatic hydroxyl groups is 1. The van der Waals surface area contributed by atoms with E-state index >= 15 is 0 Å². The van der Waals surface area contributed by atoms with Crippen molar-refractivity contribution >= 4 is 11.9 Å². The number of carboxylic acids is 1. The molecular formula is C5H9NO4. The molecule has 5 heteroatoms. The van der Waals surface area contributed by atoms with Gasteiger partial charge >= 0.3 is 5.97 Å². The summed E-state index contributed by atoms with van der Waals surface area (Å²) in [5.41, 5.74) is 4.64. The Morgan fingerprint density at radius 3 is 2.30 bits per heavy atom. The SMILES string of the molecule is NC(=O)C(O)CCC(=O)O. The lowest BCUT2D eigenvalue weighted by Gasteiger charge is -2.01. The van der Waals surface area contributed by atoms with E-state index in [0.29, 0.717) is 0 Å². The van der Waals surface area contributed by atoms with E-state index in [1.54, 1.807) is 0 Å². The molecule has 0 radical (unpaired) electrons. The van der Waals surface area contributed by atoms with Gasteiger partial charge in [0.2, 0.25) is 5.91 Å². The van der Waals surface area contributed by atoms with Crippen molar-refractivity contribution in [2.75, 3.05) is 0 Å². The van der Waals surface area contributed by atoms with Crippen LogP contribution in [0.15, 0.2) is 0 Å². The summed E-state index contributed by atoms with van der Waals surface area (Å²) in [6.45, 7) is 0. The number of carboxylic acid groups (broad SMARTS) is 1. The van der Waals surface area contributed by atoms with Gasteiger partial charge in [0.25, 0.3) is 0 Å². The van der Waals surface area contributed by atoms with Crippen LogP contribution in [0.25, 0.3) is 0 Å². The van der Waals surface area contributed by atoms with E-state index in [2.05, 4.69) is 5.73 Å². The maximum Gasteiger partial charge on any atom is 0.303 e. The van der Waals surface area contributed by atoms with E-state index in [4.69, 9.17) is 10.2 Å². The fourth-order valence-corrected chi connectivity index (χ4v) is 0.402. The number of hydrogen-bond acceptors (Lipinski definition) is 3. The fraction of sp³-hybridized carbons (Fsp3) is 0.600. The second-order valence-electron chi connectivity index (χ2n) is 1.85. The maximum absolute atomic E-state index is 10.1. The Bertz CT molecular complexity index is 145. The van der Waals surface area contributed by atoms with E-state index in [9.17, 15) is 9.59 Å². The van der Waals surface area contributed by atoms with E-state index in [0.717, 1.165) is 0 Å². The van der Waals surface area contributed by atoms with Crippen LogP contribution in [0.4, 0.5) is 0 Å². The molecule has 0 saturated carbocycles. The molecule has 1 unspecified atom stereocenters. The quantitative estimate of drug-likeness (QED) is 0.460. The second kappa shape index (κ2) is 3.84. The van der Waals surface area contributed by atoms with Gasteiger partial charge in [0.05, 0.1) is 0 Å². The molecule has 0 aliphatic rings. The van der Waals surface area contributed by atoms with Gasteiger partial charge in [-0.1, -0.05) is 0 Å². The maximum atomic E-state index is 10.1. The van der Waals surface area contributed by atoms with Gasteiger partial charge in [0.1, 0.15) is 6.10 Å². The minimum absolute atomic E-state index is 0.120. The van der Waals surface area contributed by atoms with Gasteiger partial charge in [-0.3, -0.25) is 9.59 Å². The molecular weight excluding hydrogens is 138 g/mol. The lowest BCUT2D eigenvalue weighted by Crippen LogP contribution is -2.28. The molecule has 0 aromatic carbocycles. The first-order chi connectivity index (χ1) is 4.54. The lowest BCUT2D eigenvalue weighted by atomic mass is 10.2. The summed E-state index contributed by atoms with van der Waals surface area (Å²) >= 11 is 0. The summed E-state index contributed by atoms with van der Waals surface area (Å²) < 4.78 is 0. The first-order valence-corrected chi connectivity index (χ1v) is 2.73. The van der Waals surface area contributed by atoms with Gasteiger partial charge in [-0.25, -0.2) is 0 Å². The molecule has 0 aromatic rings. The number of rotatable bonds is 4. The molecule has 1 atom stereocenters. The van der Waals surface area contributed by atoms with E-state index in [-0.39, 0.29) is 12.8 Å². The number of carbonyl (C=O) groups excluding carboxylic acids is 1. The second-order valence-corrected chi connectivity index (χ2v) is 1.85. The van der Waals surface area contributed by atoms with Gasteiger partial charge in [-0.15, -0.1) is 0 Å². The Hall–Kier alpha value is -1.10. The summed E-state index contributed by atoms with van der Waals surface area (Å²) in [5.74, 6) is -1.94. The molecule has 0 aromatic heterocycles. The average Bonchev–Trinajstić information content (AvgIpc) is 1.82. The Kier molecular flexibility index (Phi) is 3.42. The monoisotopic (exact) mass is 147 g/mol. The molecule has 58 valence electrons. The van der Waals surface area contributed by atoms with Crippen LogP contribution in [-0.2, 0) is 9.59 Å². The Labute approximate surface area is 57.5 Å². The molecule has 0 heterocycles. The van der Waals surface area contributed by atoms with Gasteiger partial charge in [-0.2, -0.15) is 0 Å². The lowest BCUT2D eigenvalue weighted by molar-refractivity contribution is -0.138. The number of carbonyl (C=O) groups is 2. The zero-order chi connectivity index (χ0) is 8.15. The smallest absolute Gasteiger partial charge is 0.303 e. The zero-order valence-corrected chi connectivity index (χ0v) is 5.28. The highest BCUT2D eigenvalue weighted by molar-refractivity contribution is 5.79. The van der Waals surface area contributed by atoms with E-state index in [1.165, 1.54) is 0 Å². The third-order valence-corrected chi connectivity index (χ3v) is 0.960. The standard InChI is InChI=1S/C5H9NO4/c6-5(10)3(7)1-2-4(8)9/h3,7H,1-2H2,(H2,6,10)(H,8,9). The first kappa shape index (κ1) is 8.90. The summed E-state index contributed by atoms with van der Waals surface area (Å²) in [6, 6.07) is 0. The predicted octanol–water partition coefficient (Wildman–Crippen LogP) is -1.30. The van der Waals surface area contributed by atoms with Crippen molar-refractivity contribution in [3.8, 4) is 0 Å². The van der Waals surface area contributed by atoms with Crippen LogP contribution < -0.4 is 5.73 Å². The van der Waals surface area contributed by atoms with Crippen molar-refractivity contribution in [3.05, 3.63) is 0 Å². The van der Waals surface area contributed by atoms with Crippen LogP contribution in [0, 0.1) is 0 Å². The zero-order valence-electron chi connectivity index (χ0n) is 5.28. The molecule has 4 N–H and O–H groups in total. The number of aliphatic carboxylic acids is 1. The third-order valence-electron chi connectivity index (χ3n) is 0.960. The van der Waals surface area contributed by atoms with Crippen LogP contribution in [0.3, 0.4) is 0 Å². The normalized spacial score (nSPS) is 12.5. The van der Waals surface area contributed by atoms with Gasteiger partial charge in [0, 0.05) is 6.42 Å². The van der Waals surface area contributed by atoms with Gasteiger partial charge in [-0.05, 0) is 6.42 Å². The van der Waals surface area contributed by atoms with Crippen molar-refractivity contribution in [2.45, 2.75) is 18.9 Å². The van der Waals surface area contributed by atoms with Crippen molar-refractivity contribution in [2.24, 2.45) is 5.73 Å². The minimum Gasteiger partial charge on any atom is -0.481 e. The number of nitrogens with two attached hydrogens (primary N) is 1. The molecule has 5 nitrogen and oxygen atoms in total.